The number of nitrogens with one attached hydrogen (secondary N) is 1. The fraction of sp³-hybridized carbons (Fsp3) is 0.333. The van der Waals surface area contributed by atoms with E-state index in [1.165, 1.54) is 11.1 Å². The zero-order valence-corrected chi connectivity index (χ0v) is 14.2. The molecule has 3 heteroatoms. The zero-order chi connectivity index (χ0) is 15.1. The van der Waals surface area contributed by atoms with Crippen molar-refractivity contribution in [2.75, 3.05) is 13.7 Å². The van der Waals surface area contributed by atoms with E-state index in [0.717, 1.165) is 29.6 Å². The number of halogens is 1. The molecule has 0 saturated carbocycles. The third-order valence-corrected chi connectivity index (χ3v) is 4.09. The molecular formula is C18H22BrNO. The lowest BCUT2D eigenvalue weighted by atomic mass is 9.98. The van der Waals surface area contributed by atoms with Crippen LogP contribution in [0.15, 0.2) is 53.0 Å². The molecule has 2 aromatic rings. The maximum atomic E-state index is 5.46. The second-order valence-corrected chi connectivity index (χ2v) is 5.93. The zero-order valence-electron chi connectivity index (χ0n) is 12.6. The van der Waals surface area contributed by atoms with Crippen LogP contribution in [-0.2, 0) is 6.42 Å². The van der Waals surface area contributed by atoms with E-state index < -0.39 is 0 Å². The third kappa shape index (κ3) is 4.58. The first-order valence-corrected chi connectivity index (χ1v) is 8.14. The Morgan fingerprint density at radius 3 is 2.57 bits per heavy atom. The standard InChI is InChI=1S/C18H22BrNO/c1-3-20-17(14-7-5-4-6-8-14)11-9-15-13-16(19)10-12-18(15)21-2/h4-8,10,12-13,17,20H,3,9,11H2,1-2H3. The van der Waals surface area contributed by atoms with Crippen molar-refractivity contribution in [3.63, 3.8) is 0 Å². The largest absolute Gasteiger partial charge is 0.496 e. The van der Waals surface area contributed by atoms with Crippen molar-refractivity contribution >= 4 is 15.9 Å². The Kier molecular flexibility index (Phi) is 6.27. The molecule has 0 amide bonds. The predicted octanol–water partition coefficient (Wildman–Crippen LogP) is 4.74. The first kappa shape index (κ1) is 16.1. The molecule has 0 aliphatic carbocycles. The SMILES string of the molecule is CCNC(CCc1cc(Br)ccc1OC)c1ccccc1. The van der Waals surface area contributed by atoms with Gasteiger partial charge >= 0.3 is 0 Å². The monoisotopic (exact) mass is 347 g/mol. The van der Waals surface area contributed by atoms with Crippen LogP contribution in [0.25, 0.3) is 0 Å². The molecule has 0 bridgehead atoms. The van der Waals surface area contributed by atoms with Gasteiger partial charge in [-0.2, -0.15) is 0 Å². The maximum absolute atomic E-state index is 5.46. The summed E-state index contributed by atoms with van der Waals surface area (Å²) in [6, 6.07) is 17.2. The average molecular weight is 348 g/mol. The van der Waals surface area contributed by atoms with Crippen LogP contribution in [0.4, 0.5) is 0 Å². The molecule has 1 N–H and O–H groups in total. The summed E-state index contributed by atoms with van der Waals surface area (Å²) in [5.41, 5.74) is 2.58. The van der Waals surface area contributed by atoms with Crippen LogP contribution < -0.4 is 10.1 Å². The molecule has 0 heterocycles. The number of rotatable bonds is 7. The summed E-state index contributed by atoms with van der Waals surface area (Å²) in [5.74, 6) is 0.960. The summed E-state index contributed by atoms with van der Waals surface area (Å²) in [7, 11) is 1.73. The summed E-state index contributed by atoms with van der Waals surface area (Å²) >= 11 is 3.54. The Hall–Kier alpha value is -1.32. The van der Waals surface area contributed by atoms with E-state index in [1.54, 1.807) is 7.11 Å². The fourth-order valence-corrected chi connectivity index (χ4v) is 2.97. The molecule has 112 valence electrons. The normalized spacial score (nSPS) is 12.1. The van der Waals surface area contributed by atoms with Gasteiger partial charge in [0.05, 0.1) is 7.11 Å². The van der Waals surface area contributed by atoms with E-state index >= 15 is 0 Å². The van der Waals surface area contributed by atoms with Crippen LogP contribution >= 0.6 is 15.9 Å². The number of methoxy groups -OCH3 is 1. The molecular weight excluding hydrogens is 326 g/mol. The molecule has 0 aromatic heterocycles. The van der Waals surface area contributed by atoms with Crippen molar-refractivity contribution in [3.05, 3.63) is 64.1 Å². The number of hydrogen-bond acceptors (Lipinski definition) is 2. The Labute approximate surface area is 135 Å². The molecule has 1 unspecified atom stereocenters. The van der Waals surface area contributed by atoms with Crippen LogP contribution in [0.5, 0.6) is 5.75 Å². The van der Waals surface area contributed by atoms with Crippen molar-refractivity contribution < 1.29 is 4.74 Å². The van der Waals surface area contributed by atoms with E-state index in [0.29, 0.717) is 6.04 Å². The Bertz CT molecular complexity index is 556. The van der Waals surface area contributed by atoms with E-state index in [2.05, 4.69) is 64.6 Å². The second-order valence-electron chi connectivity index (χ2n) is 5.02. The Morgan fingerprint density at radius 1 is 1.14 bits per heavy atom. The van der Waals surface area contributed by atoms with E-state index in [9.17, 15) is 0 Å². The lowest BCUT2D eigenvalue weighted by Gasteiger charge is -2.19. The van der Waals surface area contributed by atoms with Gasteiger partial charge in [-0.05, 0) is 48.7 Å². The molecule has 2 rings (SSSR count). The predicted molar refractivity (Wildman–Crippen MR) is 91.9 cm³/mol. The van der Waals surface area contributed by atoms with Gasteiger partial charge in [0.15, 0.2) is 0 Å². The summed E-state index contributed by atoms with van der Waals surface area (Å²) in [4.78, 5) is 0. The van der Waals surface area contributed by atoms with Crippen molar-refractivity contribution in [2.24, 2.45) is 0 Å². The number of benzene rings is 2. The molecule has 2 nitrogen and oxygen atoms in total. The summed E-state index contributed by atoms with van der Waals surface area (Å²) < 4.78 is 6.55. The highest BCUT2D eigenvalue weighted by Crippen LogP contribution is 2.27. The number of hydrogen-bond donors (Lipinski definition) is 1. The smallest absolute Gasteiger partial charge is 0.122 e. The van der Waals surface area contributed by atoms with Gasteiger partial charge in [-0.1, -0.05) is 53.2 Å². The lowest BCUT2D eigenvalue weighted by molar-refractivity contribution is 0.406. The second kappa shape index (κ2) is 8.20. The highest BCUT2D eigenvalue weighted by molar-refractivity contribution is 9.10. The van der Waals surface area contributed by atoms with E-state index in [-0.39, 0.29) is 0 Å². The Morgan fingerprint density at radius 2 is 1.90 bits per heavy atom. The first-order chi connectivity index (χ1) is 10.2. The fourth-order valence-electron chi connectivity index (χ4n) is 2.56. The molecule has 0 radical (unpaired) electrons. The van der Waals surface area contributed by atoms with E-state index in [1.807, 2.05) is 12.1 Å². The molecule has 0 spiro atoms. The van der Waals surface area contributed by atoms with Crippen molar-refractivity contribution in [1.82, 2.24) is 5.32 Å². The van der Waals surface area contributed by atoms with Gasteiger partial charge in [-0.15, -0.1) is 0 Å². The van der Waals surface area contributed by atoms with Gasteiger partial charge in [0, 0.05) is 10.5 Å². The van der Waals surface area contributed by atoms with Crippen LogP contribution in [0, 0.1) is 0 Å². The van der Waals surface area contributed by atoms with Crippen LogP contribution in [-0.4, -0.2) is 13.7 Å². The maximum Gasteiger partial charge on any atom is 0.122 e. The average Bonchev–Trinajstić information content (AvgIpc) is 2.52. The molecule has 2 aromatic carbocycles. The minimum atomic E-state index is 0.375. The summed E-state index contributed by atoms with van der Waals surface area (Å²) in [6.07, 6.45) is 2.03. The highest BCUT2D eigenvalue weighted by atomic mass is 79.9. The quantitative estimate of drug-likeness (QED) is 0.780. The lowest BCUT2D eigenvalue weighted by Crippen LogP contribution is -2.21. The first-order valence-electron chi connectivity index (χ1n) is 7.35. The molecule has 21 heavy (non-hydrogen) atoms. The van der Waals surface area contributed by atoms with Crippen LogP contribution in [0.1, 0.15) is 30.5 Å². The third-order valence-electron chi connectivity index (χ3n) is 3.60. The van der Waals surface area contributed by atoms with Gasteiger partial charge in [0.2, 0.25) is 0 Å². The van der Waals surface area contributed by atoms with Gasteiger partial charge in [0.25, 0.3) is 0 Å². The molecule has 0 aliphatic rings. The Balaban J connectivity index is 2.10. The molecule has 1 atom stereocenters. The minimum Gasteiger partial charge on any atom is -0.496 e. The topological polar surface area (TPSA) is 21.3 Å². The van der Waals surface area contributed by atoms with Gasteiger partial charge in [0.1, 0.15) is 5.75 Å². The highest BCUT2D eigenvalue weighted by Gasteiger charge is 2.12. The van der Waals surface area contributed by atoms with Crippen molar-refractivity contribution in [2.45, 2.75) is 25.8 Å². The van der Waals surface area contributed by atoms with Crippen LogP contribution in [0.2, 0.25) is 0 Å². The summed E-state index contributed by atoms with van der Waals surface area (Å²) in [5, 5.41) is 3.57. The van der Waals surface area contributed by atoms with Gasteiger partial charge in [-0.3, -0.25) is 0 Å². The molecule has 0 aliphatic heterocycles. The number of ether oxygens (including phenoxy) is 1. The molecule has 0 saturated heterocycles. The summed E-state index contributed by atoms with van der Waals surface area (Å²) in [6.45, 7) is 3.12. The van der Waals surface area contributed by atoms with Gasteiger partial charge < -0.3 is 10.1 Å². The number of aryl methyl sites for hydroxylation is 1. The van der Waals surface area contributed by atoms with E-state index in [4.69, 9.17) is 4.74 Å². The van der Waals surface area contributed by atoms with Crippen molar-refractivity contribution in [1.29, 1.82) is 0 Å². The minimum absolute atomic E-state index is 0.375. The molecule has 0 fully saturated rings. The van der Waals surface area contributed by atoms with Crippen LogP contribution in [0.3, 0.4) is 0 Å². The van der Waals surface area contributed by atoms with Crippen molar-refractivity contribution in [3.8, 4) is 5.75 Å². The van der Waals surface area contributed by atoms with Gasteiger partial charge in [-0.25, -0.2) is 0 Å².